The van der Waals surface area contributed by atoms with E-state index in [1.165, 1.54) is 0 Å². The molecule has 1 aliphatic rings. The van der Waals surface area contributed by atoms with Gasteiger partial charge in [0.05, 0.1) is 0 Å². The van der Waals surface area contributed by atoms with E-state index in [1.54, 1.807) is 24.5 Å². The molecule has 0 amide bonds. The van der Waals surface area contributed by atoms with E-state index in [0.29, 0.717) is 0 Å². The van der Waals surface area contributed by atoms with Gasteiger partial charge in [-0.1, -0.05) is 18.2 Å². The van der Waals surface area contributed by atoms with Crippen LogP contribution in [-0.2, 0) is 15.0 Å². The van der Waals surface area contributed by atoms with Crippen molar-refractivity contribution in [2.24, 2.45) is 0 Å². The van der Waals surface area contributed by atoms with Crippen LogP contribution < -0.4 is 0 Å². The van der Waals surface area contributed by atoms with Gasteiger partial charge in [0.2, 0.25) is 0 Å². The van der Waals surface area contributed by atoms with E-state index in [0.717, 1.165) is 16.3 Å². The summed E-state index contributed by atoms with van der Waals surface area (Å²) in [6, 6.07) is 7.30. The summed E-state index contributed by atoms with van der Waals surface area (Å²) in [5.74, 6) is -0.921. The zero-order valence-electron chi connectivity index (χ0n) is 9.59. The molecule has 0 unspecified atom stereocenters. The predicted molar refractivity (Wildman–Crippen MR) is 65.3 cm³/mol. The van der Waals surface area contributed by atoms with Crippen molar-refractivity contribution < 1.29 is 14.7 Å². The van der Waals surface area contributed by atoms with E-state index < -0.39 is 11.4 Å². The van der Waals surface area contributed by atoms with Gasteiger partial charge in [0.25, 0.3) is 0 Å². The maximum absolute atomic E-state index is 11.5. The molecule has 1 N–H and O–H groups in total. The molecule has 1 aromatic carbocycles. The Balaban J connectivity index is 2.25. The van der Waals surface area contributed by atoms with Crippen LogP contribution in [0.2, 0.25) is 0 Å². The van der Waals surface area contributed by atoms with Gasteiger partial charge in [-0.3, -0.25) is 14.6 Å². The van der Waals surface area contributed by atoms with Gasteiger partial charge in [-0.05, 0) is 17.0 Å². The minimum Gasteiger partial charge on any atom is -0.481 e. The molecule has 0 spiro atoms. The highest BCUT2D eigenvalue weighted by Gasteiger charge is 2.52. The zero-order chi connectivity index (χ0) is 12.8. The van der Waals surface area contributed by atoms with E-state index in [9.17, 15) is 14.7 Å². The van der Waals surface area contributed by atoms with E-state index in [1.807, 2.05) is 12.1 Å². The summed E-state index contributed by atoms with van der Waals surface area (Å²) >= 11 is 0. The molecule has 3 rings (SSSR count). The van der Waals surface area contributed by atoms with Crippen molar-refractivity contribution in [3.63, 3.8) is 0 Å². The Hall–Kier alpha value is -2.23. The van der Waals surface area contributed by atoms with E-state index in [2.05, 4.69) is 4.98 Å². The largest absolute Gasteiger partial charge is 0.481 e. The third-order valence-electron chi connectivity index (χ3n) is 3.60. The molecule has 1 aliphatic carbocycles. The van der Waals surface area contributed by atoms with Crippen LogP contribution in [0.3, 0.4) is 0 Å². The van der Waals surface area contributed by atoms with Crippen LogP contribution in [-0.4, -0.2) is 21.8 Å². The minimum absolute atomic E-state index is 0.00320. The first-order valence-corrected chi connectivity index (χ1v) is 5.72. The lowest BCUT2D eigenvalue weighted by Gasteiger charge is -2.37. The minimum atomic E-state index is -1.04. The van der Waals surface area contributed by atoms with Crippen LogP contribution in [0.1, 0.15) is 18.4 Å². The molecule has 1 fully saturated rings. The molecule has 1 saturated carbocycles. The first-order chi connectivity index (χ1) is 8.63. The molecule has 0 radical (unpaired) electrons. The van der Waals surface area contributed by atoms with Crippen LogP contribution in [0.4, 0.5) is 0 Å². The third kappa shape index (κ3) is 1.35. The van der Waals surface area contributed by atoms with Gasteiger partial charge in [-0.25, -0.2) is 0 Å². The number of ketones is 1. The number of hydrogen-bond acceptors (Lipinski definition) is 3. The van der Waals surface area contributed by atoms with Gasteiger partial charge in [0, 0.05) is 30.6 Å². The quantitative estimate of drug-likeness (QED) is 0.872. The molecular formula is C14H11NO3. The molecule has 4 heteroatoms. The van der Waals surface area contributed by atoms with Crippen LogP contribution in [0.25, 0.3) is 10.8 Å². The Morgan fingerprint density at radius 3 is 2.72 bits per heavy atom. The molecule has 0 aliphatic heterocycles. The fourth-order valence-corrected chi connectivity index (χ4v) is 2.62. The molecule has 0 saturated heterocycles. The number of benzene rings is 1. The van der Waals surface area contributed by atoms with E-state index in [4.69, 9.17) is 0 Å². The number of Topliss-reactive ketones (excluding diaryl/α,β-unsaturated/α-hetero) is 1. The summed E-state index contributed by atoms with van der Waals surface area (Å²) in [5.41, 5.74) is -0.327. The maximum Gasteiger partial charge on any atom is 0.315 e. The normalized spacial score (nSPS) is 17.4. The summed E-state index contributed by atoms with van der Waals surface area (Å²) < 4.78 is 0. The molecule has 18 heavy (non-hydrogen) atoms. The van der Waals surface area contributed by atoms with Crippen molar-refractivity contribution in [2.45, 2.75) is 18.3 Å². The zero-order valence-corrected chi connectivity index (χ0v) is 9.59. The number of aromatic nitrogens is 1. The fourth-order valence-electron chi connectivity index (χ4n) is 2.62. The number of aliphatic carboxylic acids is 1. The standard InChI is InChI=1S/C14H11NO3/c16-10-6-14(7-10,13(17)18)12-3-1-2-9-8-15-5-4-11(9)12/h1-5,8H,6-7H2,(H,17,18). The first kappa shape index (κ1) is 10.9. The molecule has 90 valence electrons. The Kier molecular flexibility index (Phi) is 2.20. The van der Waals surface area contributed by atoms with Crippen molar-refractivity contribution in [3.8, 4) is 0 Å². The van der Waals surface area contributed by atoms with Crippen molar-refractivity contribution >= 4 is 22.5 Å². The second-order valence-corrected chi connectivity index (χ2v) is 4.68. The number of rotatable bonds is 2. The number of fused-ring (bicyclic) bond motifs is 1. The predicted octanol–water partition coefficient (Wildman–Crippen LogP) is 1.92. The number of hydrogen-bond donors (Lipinski definition) is 1. The molecule has 4 nitrogen and oxygen atoms in total. The topological polar surface area (TPSA) is 67.3 Å². The second-order valence-electron chi connectivity index (χ2n) is 4.68. The highest BCUT2D eigenvalue weighted by atomic mass is 16.4. The van der Waals surface area contributed by atoms with Gasteiger partial charge in [-0.15, -0.1) is 0 Å². The molecular weight excluding hydrogens is 230 g/mol. The average molecular weight is 241 g/mol. The average Bonchev–Trinajstić information content (AvgIpc) is 2.34. The van der Waals surface area contributed by atoms with Gasteiger partial charge in [-0.2, -0.15) is 0 Å². The van der Waals surface area contributed by atoms with E-state index >= 15 is 0 Å². The van der Waals surface area contributed by atoms with E-state index in [-0.39, 0.29) is 18.6 Å². The Morgan fingerprint density at radius 1 is 1.28 bits per heavy atom. The Labute approximate surface area is 103 Å². The highest BCUT2D eigenvalue weighted by molar-refractivity contribution is 6.04. The lowest BCUT2D eigenvalue weighted by Crippen LogP contribution is -2.48. The summed E-state index contributed by atoms with van der Waals surface area (Å²) in [5, 5.41) is 11.2. The molecule has 0 bridgehead atoms. The van der Waals surface area contributed by atoms with Crippen molar-refractivity contribution in [1.82, 2.24) is 4.98 Å². The van der Waals surface area contributed by atoms with Gasteiger partial charge in [0.1, 0.15) is 11.2 Å². The molecule has 0 atom stereocenters. The number of nitrogens with zero attached hydrogens (tertiary/aromatic N) is 1. The van der Waals surface area contributed by atoms with Crippen LogP contribution in [0.15, 0.2) is 36.7 Å². The van der Waals surface area contributed by atoms with Crippen LogP contribution in [0, 0.1) is 0 Å². The number of carbonyl (C=O) groups excluding carboxylic acids is 1. The summed E-state index contributed by atoms with van der Waals surface area (Å²) in [6.45, 7) is 0. The fraction of sp³-hybridized carbons (Fsp3) is 0.214. The highest BCUT2D eigenvalue weighted by Crippen LogP contribution is 2.44. The Morgan fingerprint density at radius 2 is 2.06 bits per heavy atom. The number of pyridine rings is 1. The van der Waals surface area contributed by atoms with Crippen LogP contribution >= 0.6 is 0 Å². The van der Waals surface area contributed by atoms with Crippen molar-refractivity contribution in [2.75, 3.05) is 0 Å². The Bertz CT molecular complexity index is 650. The van der Waals surface area contributed by atoms with Crippen LogP contribution in [0.5, 0.6) is 0 Å². The summed E-state index contributed by atoms with van der Waals surface area (Å²) in [6.07, 6.45) is 3.52. The monoisotopic (exact) mass is 241 g/mol. The SMILES string of the molecule is O=C1CC(C(=O)O)(c2cccc3cnccc23)C1. The van der Waals surface area contributed by atoms with Crippen molar-refractivity contribution in [1.29, 1.82) is 0 Å². The number of carboxylic acid groups (broad SMARTS) is 1. The lowest BCUT2D eigenvalue weighted by atomic mass is 9.63. The molecule has 2 aromatic rings. The smallest absolute Gasteiger partial charge is 0.315 e. The lowest BCUT2D eigenvalue weighted by molar-refractivity contribution is -0.153. The number of carboxylic acids is 1. The molecule has 1 heterocycles. The summed E-state index contributed by atoms with van der Waals surface area (Å²) in [7, 11) is 0. The van der Waals surface area contributed by atoms with Gasteiger partial charge in [0.15, 0.2) is 0 Å². The van der Waals surface area contributed by atoms with Gasteiger partial charge < -0.3 is 5.11 Å². The first-order valence-electron chi connectivity index (χ1n) is 5.72. The summed E-state index contributed by atoms with van der Waals surface area (Å²) in [4.78, 5) is 26.8. The van der Waals surface area contributed by atoms with Crippen molar-refractivity contribution in [3.05, 3.63) is 42.2 Å². The molecule has 1 aromatic heterocycles. The second kappa shape index (κ2) is 3.63. The number of carbonyl (C=O) groups is 2. The van der Waals surface area contributed by atoms with Gasteiger partial charge >= 0.3 is 5.97 Å². The maximum atomic E-state index is 11.5. The third-order valence-corrected chi connectivity index (χ3v) is 3.60.